The highest BCUT2D eigenvalue weighted by atomic mass is 16.1. The molecule has 32 heavy (non-hydrogen) atoms. The zero-order chi connectivity index (χ0) is 21.5. The number of carbonyl (C=O) groups is 1. The first-order valence-corrected chi connectivity index (χ1v) is 11.2. The van der Waals surface area contributed by atoms with E-state index in [1.807, 2.05) is 18.2 Å². The van der Waals surface area contributed by atoms with Crippen LogP contribution in [0.25, 0.3) is 10.8 Å². The molecule has 0 aromatic heterocycles. The molecular weight excluding hydrogens is 392 g/mol. The van der Waals surface area contributed by atoms with Gasteiger partial charge in [0.25, 0.3) is 0 Å². The lowest BCUT2D eigenvalue weighted by molar-refractivity contribution is -0.116. The predicted molar refractivity (Wildman–Crippen MR) is 131 cm³/mol. The first-order valence-electron chi connectivity index (χ1n) is 11.2. The van der Waals surface area contributed by atoms with E-state index in [9.17, 15) is 4.79 Å². The molecule has 3 heteroatoms. The first-order chi connectivity index (χ1) is 15.8. The van der Waals surface area contributed by atoms with Crippen LogP contribution in [-0.4, -0.2) is 5.78 Å². The first kappa shape index (κ1) is 18.9. The molecule has 0 spiro atoms. The summed E-state index contributed by atoms with van der Waals surface area (Å²) in [5.41, 5.74) is 6.27. The number of anilines is 2. The number of fused-ring (bicyclic) bond motifs is 2. The Morgan fingerprint density at radius 2 is 1.38 bits per heavy atom. The monoisotopic (exact) mass is 416 g/mol. The van der Waals surface area contributed by atoms with Crippen LogP contribution < -0.4 is 10.6 Å². The Kier molecular flexibility index (Phi) is 4.53. The van der Waals surface area contributed by atoms with Crippen molar-refractivity contribution in [3.63, 3.8) is 0 Å². The number of ketones is 1. The van der Waals surface area contributed by atoms with Crippen LogP contribution in [0.1, 0.15) is 35.9 Å². The van der Waals surface area contributed by atoms with Gasteiger partial charge in [-0.25, -0.2) is 0 Å². The fraction of sp³-hybridized carbons (Fsp3) is 0.138. The number of hydrogen-bond donors (Lipinski definition) is 2. The summed E-state index contributed by atoms with van der Waals surface area (Å²) >= 11 is 0. The summed E-state index contributed by atoms with van der Waals surface area (Å²) in [5.74, 6) is 0.406. The summed E-state index contributed by atoms with van der Waals surface area (Å²) in [6, 6.07) is 33.3. The number of Topliss-reactive ketones (excluding diaryl/α,β-unsaturated/α-hetero) is 1. The standard InChI is InChI=1S/C29H24N2O/c32-27-18-23(19-8-2-1-3-9-19)17-26-28(27)29(31-25-13-7-6-12-24(25)30-26)22-15-14-20-10-4-5-11-21(20)16-22/h1-16,23,29-31H,17-18H2/t23-,29+/m0/s1. The molecule has 2 N–H and O–H groups in total. The van der Waals surface area contributed by atoms with E-state index in [1.54, 1.807) is 0 Å². The second-order valence-electron chi connectivity index (χ2n) is 8.69. The molecule has 6 rings (SSSR count). The van der Waals surface area contributed by atoms with Gasteiger partial charge in [0.2, 0.25) is 0 Å². The lowest BCUT2D eigenvalue weighted by Crippen LogP contribution is -2.26. The van der Waals surface area contributed by atoms with Gasteiger partial charge in [0.05, 0.1) is 17.4 Å². The Morgan fingerprint density at radius 3 is 2.22 bits per heavy atom. The molecule has 1 aliphatic carbocycles. The van der Waals surface area contributed by atoms with E-state index in [4.69, 9.17) is 0 Å². The van der Waals surface area contributed by atoms with Crippen molar-refractivity contribution in [3.05, 3.63) is 119 Å². The van der Waals surface area contributed by atoms with Crippen LogP contribution in [0.2, 0.25) is 0 Å². The Morgan fingerprint density at radius 1 is 0.656 bits per heavy atom. The summed E-state index contributed by atoms with van der Waals surface area (Å²) in [4.78, 5) is 13.6. The molecule has 1 aliphatic heterocycles. The highest BCUT2D eigenvalue weighted by molar-refractivity contribution is 6.01. The zero-order valence-electron chi connectivity index (χ0n) is 17.7. The maximum Gasteiger partial charge on any atom is 0.163 e. The second-order valence-corrected chi connectivity index (χ2v) is 8.69. The molecule has 0 radical (unpaired) electrons. The molecule has 0 fully saturated rings. The lowest BCUT2D eigenvalue weighted by atomic mass is 9.78. The molecule has 1 heterocycles. The smallest absolute Gasteiger partial charge is 0.163 e. The van der Waals surface area contributed by atoms with Crippen LogP contribution in [0.4, 0.5) is 11.4 Å². The van der Waals surface area contributed by atoms with Gasteiger partial charge in [0.1, 0.15) is 0 Å². The van der Waals surface area contributed by atoms with Gasteiger partial charge in [-0.3, -0.25) is 4.79 Å². The molecular formula is C29H24N2O. The van der Waals surface area contributed by atoms with Gasteiger partial charge in [-0.05, 0) is 52.4 Å². The van der Waals surface area contributed by atoms with Crippen molar-refractivity contribution in [2.45, 2.75) is 24.8 Å². The van der Waals surface area contributed by atoms with Gasteiger partial charge in [-0.15, -0.1) is 0 Å². The number of allylic oxidation sites excluding steroid dienone is 1. The molecule has 2 aliphatic rings. The van der Waals surface area contributed by atoms with Crippen molar-refractivity contribution in [3.8, 4) is 0 Å². The third-order valence-corrected chi connectivity index (χ3v) is 6.69. The summed E-state index contributed by atoms with van der Waals surface area (Å²) in [6.45, 7) is 0. The third-order valence-electron chi connectivity index (χ3n) is 6.69. The van der Waals surface area contributed by atoms with E-state index in [1.165, 1.54) is 16.3 Å². The summed E-state index contributed by atoms with van der Waals surface area (Å²) in [6.07, 6.45) is 1.36. The molecule has 0 bridgehead atoms. The van der Waals surface area contributed by atoms with Gasteiger partial charge in [-0.1, -0.05) is 78.9 Å². The molecule has 0 amide bonds. The van der Waals surface area contributed by atoms with Crippen molar-refractivity contribution >= 4 is 27.9 Å². The van der Waals surface area contributed by atoms with Crippen LogP contribution in [-0.2, 0) is 4.79 Å². The zero-order valence-corrected chi connectivity index (χ0v) is 17.7. The highest BCUT2D eigenvalue weighted by Crippen LogP contribution is 2.44. The van der Waals surface area contributed by atoms with Crippen LogP contribution in [0.5, 0.6) is 0 Å². The van der Waals surface area contributed by atoms with Crippen molar-refractivity contribution in [2.24, 2.45) is 0 Å². The normalized spacial score (nSPS) is 20.1. The number of benzene rings is 4. The average molecular weight is 417 g/mol. The fourth-order valence-corrected chi connectivity index (χ4v) is 5.09. The quantitative estimate of drug-likeness (QED) is 0.377. The predicted octanol–water partition coefficient (Wildman–Crippen LogP) is 6.82. The molecule has 156 valence electrons. The lowest BCUT2D eigenvalue weighted by Gasteiger charge is -2.30. The summed E-state index contributed by atoms with van der Waals surface area (Å²) < 4.78 is 0. The minimum absolute atomic E-state index is 0.185. The highest BCUT2D eigenvalue weighted by Gasteiger charge is 2.36. The number of nitrogens with one attached hydrogen (secondary N) is 2. The fourth-order valence-electron chi connectivity index (χ4n) is 5.09. The van der Waals surface area contributed by atoms with Crippen LogP contribution in [0.15, 0.2) is 108 Å². The van der Waals surface area contributed by atoms with E-state index in [0.717, 1.165) is 34.6 Å². The Labute approximate surface area is 187 Å². The third kappa shape index (κ3) is 3.27. The summed E-state index contributed by atoms with van der Waals surface area (Å²) in [5, 5.41) is 9.70. The maximum absolute atomic E-state index is 13.6. The van der Waals surface area contributed by atoms with E-state index in [-0.39, 0.29) is 17.7 Å². The minimum Gasteiger partial charge on any atom is -0.372 e. The topological polar surface area (TPSA) is 41.1 Å². The number of carbonyl (C=O) groups excluding carboxylic acids is 1. The maximum atomic E-state index is 13.6. The largest absolute Gasteiger partial charge is 0.372 e. The van der Waals surface area contributed by atoms with Gasteiger partial charge < -0.3 is 10.6 Å². The molecule has 2 atom stereocenters. The number of rotatable bonds is 2. The molecule has 0 saturated heterocycles. The van der Waals surface area contributed by atoms with Crippen molar-refractivity contribution in [1.82, 2.24) is 0 Å². The van der Waals surface area contributed by atoms with E-state index in [2.05, 4.69) is 89.5 Å². The summed E-state index contributed by atoms with van der Waals surface area (Å²) in [7, 11) is 0. The van der Waals surface area contributed by atoms with Crippen LogP contribution in [0.3, 0.4) is 0 Å². The van der Waals surface area contributed by atoms with Crippen LogP contribution >= 0.6 is 0 Å². The molecule has 0 saturated carbocycles. The Balaban J connectivity index is 1.49. The van der Waals surface area contributed by atoms with E-state index in [0.29, 0.717) is 6.42 Å². The van der Waals surface area contributed by atoms with E-state index >= 15 is 0 Å². The number of para-hydroxylation sites is 2. The van der Waals surface area contributed by atoms with E-state index < -0.39 is 0 Å². The van der Waals surface area contributed by atoms with Gasteiger partial charge in [-0.2, -0.15) is 0 Å². The van der Waals surface area contributed by atoms with Crippen molar-refractivity contribution in [2.75, 3.05) is 10.6 Å². The number of hydrogen-bond acceptors (Lipinski definition) is 3. The van der Waals surface area contributed by atoms with Crippen molar-refractivity contribution < 1.29 is 4.79 Å². The average Bonchev–Trinajstić information content (AvgIpc) is 3.01. The Bertz CT molecular complexity index is 1360. The molecule has 4 aromatic carbocycles. The SMILES string of the molecule is O=C1C[C@@H](c2ccccc2)CC2=C1[C@@H](c1ccc3ccccc3c1)Nc1ccccc1N2. The molecule has 4 aromatic rings. The molecule has 0 unspecified atom stereocenters. The Hall–Kier alpha value is -3.85. The van der Waals surface area contributed by atoms with Crippen LogP contribution in [0, 0.1) is 0 Å². The van der Waals surface area contributed by atoms with Gasteiger partial charge in [0, 0.05) is 17.7 Å². The van der Waals surface area contributed by atoms with Crippen molar-refractivity contribution in [1.29, 1.82) is 0 Å². The van der Waals surface area contributed by atoms with Gasteiger partial charge >= 0.3 is 0 Å². The second kappa shape index (κ2) is 7.69. The van der Waals surface area contributed by atoms with Gasteiger partial charge in [0.15, 0.2) is 5.78 Å². The molecule has 3 nitrogen and oxygen atoms in total. The minimum atomic E-state index is -0.185.